The summed E-state index contributed by atoms with van der Waals surface area (Å²) in [6, 6.07) is 2.49. The van der Waals surface area contributed by atoms with E-state index in [1.54, 1.807) is 0 Å². The fourth-order valence-electron chi connectivity index (χ4n) is 1.01. The lowest BCUT2D eigenvalue weighted by atomic mass is 10.4. The zero-order valence-electron chi connectivity index (χ0n) is 9.33. The summed E-state index contributed by atoms with van der Waals surface area (Å²) in [6.45, 7) is -0.782. The van der Waals surface area contributed by atoms with Crippen molar-refractivity contribution in [3.8, 4) is 0 Å². The molecule has 0 spiro atoms. The third kappa shape index (κ3) is 3.98. The summed E-state index contributed by atoms with van der Waals surface area (Å²) in [6.07, 6.45) is 0. The second-order valence-corrected chi connectivity index (χ2v) is 3.01. The van der Waals surface area contributed by atoms with Gasteiger partial charge in [-0.1, -0.05) is 5.18 Å². The van der Waals surface area contributed by atoms with Crippen LogP contribution < -0.4 is 0 Å². The van der Waals surface area contributed by atoms with E-state index in [1.165, 1.54) is 12.1 Å². The van der Waals surface area contributed by atoms with Crippen LogP contribution in [-0.2, 0) is 9.47 Å². The number of esters is 2. The Kier molecular flexibility index (Phi) is 5.52. The Bertz CT molecular complexity index is 426. The van der Waals surface area contributed by atoms with Gasteiger partial charge in [-0.2, -0.15) is 4.91 Å². The first-order chi connectivity index (χ1) is 8.69. The van der Waals surface area contributed by atoms with Crippen LogP contribution in [0.25, 0.3) is 0 Å². The molecule has 1 aromatic rings. The van der Waals surface area contributed by atoms with Gasteiger partial charge < -0.3 is 19.0 Å². The molecule has 8 nitrogen and oxygen atoms in total. The van der Waals surface area contributed by atoms with Crippen molar-refractivity contribution in [2.24, 2.45) is 5.18 Å². The average molecular weight is 257 g/mol. The molecule has 8 heteroatoms. The molecule has 1 aromatic heterocycles. The Balaban J connectivity index is 2.54. The van der Waals surface area contributed by atoms with Crippen LogP contribution in [0.5, 0.6) is 0 Å². The van der Waals surface area contributed by atoms with E-state index in [9.17, 15) is 14.5 Å². The summed E-state index contributed by atoms with van der Waals surface area (Å²) in [4.78, 5) is 32.4. The van der Waals surface area contributed by atoms with Crippen LogP contribution in [0, 0.1) is 4.91 Å². The van der Waals surface area contributed by atoms with E-state index in [2.05, 4.69) is 14.7 Å². The maximum Gasteiger partial charge on any atom is 0.374 e. The number of carbonyl (C=O) groups is 2. The SMILES string of the molecule is O=NCCOC(=O)c1ccc(C(=O)OCCO)o1. The zero-order chi connectivity index (χ0) is 13.4. The third-order valence-corrected chi connectivity index (χ3v) is 1.75. The second-order valence-electron chi connectivity index (χ2n) is 3.01. The van der Waals surface area contributed by atoms with Crippen molar-refractivity contribution in [3.05, 3.63) is 28.6 Å². The van der Waals surface area contributed by atoms with Crippen molar-refractivity contribution in [1.29, 1.82) is 0 Å². The highest BCUT2D eigenvalue weighted by Crippen LogP contribution is 2.10. The fraction of sp³-hybridized carbons (Fsp3) is 0.400. The molecule has 0 aliphatic heterocycles. The van der Waals surface area contributed by atoms with Crippen LogP contribution >= 0.6 is 0 Å². The number of rotatable bonds is 7. The largest absolute Gasteiger partial charge is 0.458 e. The minimum Gasteiger partial charge on any atom is -0.458 e. The van der Waals surface area contributed by atoms with Gasteiger partial charge in [-0.15, -0.1) is 0 Å². The Morgan fingerprint density at radius 3 is 2.22 bits per heavy atom. The van der Waals surface area contributed by atoms with E-state index in [1.807, 2.05) is 0 Å². The Hall–Kier alpha value is -2.22. The first-order valence-corrected chi connectivity index (χ1v) is 5.03. The standard InChI is InChI=1S/C10H11NO7/c12-4-6-17-10(14)8-2-1-7(18-8)9(13)16-5-3-11-15/h1-2,12H,3-6H2. The van der Waals surface area contributed by atoms with Crippen LogP contribution in [0.1, 0.15) is 21.1 Å². The topological polar surface area (TPSA) is 115 Å². The Morgan fingerprint density at radius 2 is 1.72 bits per heavy atom. The van der Waals surface area contributed by atoms with Gasteiger partial charge in [0.25, 0.3) is 0 Å². The summed E-state index contributed by atoms with van der Waals surface area (Å²) in [7, 11) is 0. The molecule has 0 saturated carbocycles. The number of furan rings is 1. The van der Waals surface area contributed by atoms with Crippen molar-refractivity contribution < 1.29 is 28.6 Å². The van der Waals surface area contributed by atoms with Gasteiger partial charge in [-0.3, -0.25) is 0 Å². The van der Waals surface area contributed by atoms with Gasteiger partial charge in [-0.05, 0) is 12.1 Å². The van der Waals surface area contributed by atoms with Crippen LogP contribution in [0.3, 0.4) is 0 Å². The van der Waals surface area contributed by atoms with E-state index >= 15 is 0 Å². The number of carbonyl (C=O) groups excluding carboxylic acids is 2. The van der Waals surface area contributed by atoms with Crippen LogP contribution in [0.4, 0.5) is 0 Å². The van der Waals surface area contributed by atoms with E-state index < -0.39 is 11.9 Å². The second kappa shape index (κ2) is 7.17. The lowest BCUT2D eigenvalue weighted by Gasteiger charge is -2.00. The maximum atomic E-state index is 11.3. The molecule has 0 fully saturated rings. The molecule has 0 unspecified atom stereocenters. The smallest absolute Gasteiger partial charge is 0.374 e. The minimum absolute atomic E-state index is 0.155. The molecule has 0 aliphatic rings. The predicted octanol–water partition coefficient (Wildman–Crippen LogP) is 0.352. The monoisotopic (exact) mass is 257 g/mol. The van der Waals surface area contributed by atoms with Crippen LogP contribution in [-0.4, -0.2) is 43.4 Å². The highest BCUT2D eigenvalue weighted by Gasteiger charge is 2.17. The molecule has 0 aliphatic carbocycles. The Labute approximate surface area is 101 Å². The Morgan fingerprint density at radius 1 is 1.17 bits per heavy atom. The molecule has 1 heterocycles. The minimum atomic E-state index is -0.806. The number of hydrogen-bond donors (Lipinski definition) is 1. The van der Waals surface area contributed by atoms with E-state index in [-0.39, 0.29) is 37.9 Å². The van der Waals surface area contributed by atoms with Gasteiger partial charge in [0.2, 0.25) is 11.5 Å². The summed E-state index contributed by atoms with van der Waals surface area (Å²) in [5.41, 5.74) is 0. The van der Waals surface area contributed by atoms with E-state index in [0.717, 1.165) is 0 Å². The molecule has 98 valence electrons. The number of aliphatic hydroxyl groups excluding tert-OH is 1. The predicted molar refractivity (Wildman–Crippen MR) is 57.0 cm³/mol. The number of ether oxygens (including phenoxy) is 2. The fourth-order valence-corrected chi connectivity index (χ4v) is 1.01. The van der Waals surface area contributed by atoms with Crippen molar-refractivity contribution >= 4 is 11.9 Å². The molecule has 0 radical (unpaired) electrons. The molecule has 0 amide bonds. The number of hydrogen-bond acceptors (Lipinski definition) is 8. The van der Waals surface area contributed by atoms with Crippen molar-refractivity contribution in [3.63, 3.8) is 0 Å². The van der Waals surface area contributed by atoms with Crippen molar-refractivity contribution in [1.82, 2.24) is 0 Å². The summed E-state index contributed by atoms with van der Waals surface area (Å²) in [5, 5.41) is 11.0. The highest BCUT2D eigenvalue weighted by molar-refractivity contribution is 5.90. The van der Waals surface area contributed by atoms with Crippen molar-refractivity contribution in [2.75, 3.05) is 26.4 Å². The molecular formula is C10H11NO7. The van der Waals surface area contributed by atoms with Crippen LogP contribution in [0.15, 0.2) is 21.7 Å². The molecule has 0 bridgehead atoms. The number of nitrogens with zero attached hydrogens (tertiary/aromatic N) is 1. The van der Waals surface area contributed by atoms with Gasteiger partial charge in [0.1, 0.15) is 19.8 Å². The first kappa shape index (κ1) is 13.8. The summed E-state index contributed by atoms with van der Waals surface area (Å²) < 4.78 is 14.1. The maximum absolute atomic E-state index is 11.3. The van der Waals surface area contributed by atoms with Gasteiger partial charge in [0.15, 0.2) is 0 Å². The van der Waals surface area contributed by atoms with Gasteiger partial charge in [0.05, 0.1) is 6.61 Å². The lowest BCUT2D eigenvalue weighted by Crippen LogP contribution is -2.09. The number of nitroso groups, excluding NO2 is 1. The molecule has 0 saturated heterocycles. The number of aliphatic hydroxyl groups is 1. The quantitative estimate of drug-likeness (QED) is 0.425. The summed E-state index contributed by atoms with van der Waals surface area (Å²) >= 11 is 0. The van der Waals surface area contributed by atoms with Crippen LogP contribution in [0.2, 0.25) is 0 Å². The normalized spacial score (nSPS) is 9.83. The third-order valence-electron chi connectivity index (χ3n) is 1.75. The zero-order valence-corrected chi connectivity index (χ0v) is 9.33. The molecular weight excluding hydrogens is 246 g/mol. The average Bonchev–Trinajstić information content (AvgIpc) is 2.85. The molecule has 1 rings (SSSR count). The van der Waals surface area contributed by atoms with Gasteiger partial charge >= 0.3 is 11.9 Å². The first-order valence-electron chi connectivity index (χ1n) is 5.03. The van der Waals surface area contributed by atoms with E-state index in [0.29, 0.717) is 0 Å². The molecule has 0 atom stereocenters. The van der Waals surface area contributed by atoms with Gasteiger partial charge in [0, 0.05) is 0 Å². The highest BCUT2D eigenvalue weighted by atomic mass is 16.6. The van der Waals surface area contributed by atoms with Crippen molar-refractivity contribution in [2.45, 2.75) is 0 Å². The molecule has 18 heavy (non-hydrogen) atoms. The molecule has 1 N–H and O–H groups in total. The molecule has 0 aromatic carbocycles. The van der Waals surface area contributed by atoms with E-state index in [4.69, 9.17) is 9.52 Å². The van der Waals surface area contributed by atoms with Gasteiger partial charge in [-0.25, -0.2) is 9.59 Å². The lowest BCUT2D eigenvalue weighted by molar-refractivity contribution is 0.0386. The summed E-state index contributed by atoms with van der Waals surface area (Å²) in [5.74, 6) is -1.96.